The number of ether oxygens (including phenoxy) is 1. The van der Waals surface area contributed by atoms with Crippen molar-refractivity contribution in [3.63, 3.8) is 0 Å². The molecule has 0 N–H and O–H groups in total. The normalized spacial score (nSPS) is 10.9. The predicted molar refractivity (Wildman–Crippen MR) is 127 cm³/mol. The van der Waals surface area contributed by atoms with E-state index < -0.39 is 0 Å². The van der Waals surface area contributed by atoms with Gasteiger partial charge in [0.25, 0.3) is 0 Å². The fraction of sp³-hybridized carbons (Fsp3) is 0.571. The van der Waals surface area contributed by atoms with Gasteiger partial charge < -0.3 is 4.74 Å². The average Bonchev–Trinajstić information content (AvgIpc) is 2.76. The van der Waals surface area contributed by atoms with E-state index in [1.54, 1.807) is 0 Å². The van der Waals surface area contributed by atoms with Gasteiger partial charge in [0.1, 0.15) is 11.5 Å². The lowest BCUT2D eigenvalue weighted by atomic mass is 10.0. The highest BCUT2D eigenvalue weighted by Gasteiger charge is 2.04. The van der Waals surface area contributed by atoms with E-state index in [-0.39, 0.29) is 0 Å². The molecule has 0 aliphatic carbocycles. The van der Waals surface area contributed by atoms with E-state index in [0.29, 0.717) is 0 Å². The molecule has 0 fully saturated rings. The second-order valence-electron chi connectivity index (χ2n) is 8.37. The van der Waals surface area contributed by atoms with E-state index in [9.17, 15) is 0 Å². The molecule has 1 heteroatoms. The molecule has 0 saturated heterocycles. The van der Waals surface area contributed by atoms with Crippen molar-refractivity contribution in [1.82, 2.24) is 0 Å². The molecule has 29 heavy (non-hydrogen) atoms. The summed E-state index contributed by atoms with van der Waals surface area (Å²) < 4.78 is 6.08. The first kappa shape index (κ1) is 23.5. The second-order valence-corrected chi connectivity index (χ2v) is 8.37. The van der Waals surface area contributed by atoms with Gasteiger partial charge in [-0.2, -0.15) is 0 Å². The topological polar surface area (TPSA) is 9.23 Å². The quantitative estimate of drug-likeness (QED) is 0.243. The maximum Gasteiger partial charge on any atom is 0.130 e. The number of benzene rings is 2. The highest BCUT2D eigenvalue weighted by molar-refractivity contribution is 5.37. The van der Waals surface area contributed by atoms with Crippen LogP contribution < -0.4 is 4.74 Å². The van der Waals surface area contributed by atoms with Gasteiger partial charge >= 0.3 is 0 Å². The van der Waals surface area contributed by atoms with Gasteiger partial charge in [-0.25, -0.2) is 0 Å². The zero-order chi connectivity index (χ0) is 20.4. The minimum absolute atomic E-state index is 0.918. The summed E-state index contributed by atoms with van der Waals surface area (Å²) in [7, 11) is 0. The monoisotopic (exact) mass is 394 g/mol. The minimum atomic E-state index is 0.918. The Kier molecular flexibility index (Phi) is 13.0. The zero-order valence-corrected chi connectivity index (χ0v) is 18.7. The third-order valence-electron chi connectivity index (χ3n) is 5.74. The van der Waals surface area contributed by atoms with E-state index in [1.807, 2.05) is 30.3 Å². The Balaban J connectivity index is 1.48. The first-order valence-electron chi connectivity index (χ1n) is 12.2. The van der Waals surface area contributed by atoms with Gasteiger partial charge in [0.2, 0.25) is 0 Å². The highest BCUT2D eigenvalue weighted by atomic mass is 16.5. The maximum absolute atomic E-state index is 6.08. The second kappa shape index (κ2) is 16.1. The molecule has 0 atom stereocenters. The highest BCUT2D eigenvalue weighted by Crippen LogP contribution is 2.26. The van der Waals surface area contributed by atoms with Gasteiger partial charge in [0.05, 0.1) is 0 Å². The molecule has 1 nitrogen and oxygen atoms in total. The molecule has 2 aromatic rings. The van der Waals surface area contributed by atoms with Gasteiger partial charge in [-0.15, -0.1) is 0 Å². The Hall–Kier alpha value is -1.76. The van der Waals surface area contributed by atoms with E-state index in [1.165, 1.54) is 95.5 Å². The molecule has 0 aromatic heterocycles. The van der Waals surface area contributed by atoms with Crippen molar-refractivity contribution in [2.24, 2.45) is 0 Å². The third-order valence-corrected chi connectivity index (χ3v) is 5.74. The summed E-state index contributed by atoms with van der Waals surface area (Å²) in [5.41, 5.74) is 1.33. The standard InChI is InChI=1S/C28H42O/c1-2-3-4-5-6-7-8-9-10-11-12-13-14-16-21-26-22-19-20-25-28(26)29-27-23-17-15-18-24-27/h15,17-20,22-25H,2-14,16,21H2,1H3. The van der Waals surface area contributed by atoms with Gasteiger partial charge in [0.15, 0.2) is 0 Å². The summed E-state index contributed by atoms with van der Waals surface area (Å²) in [4.78, 5) is 0. The average molecular weight is 395 g/mol. The molecule has 0 saturated carbocycles. The SMILES string of the molecule is CCCCCCCCCCCCCCCCc1ccccc1Oc1ccccc1. The molecule has 0 aliphatic rings. The molecule has 2 aromatic carbocycles. The summed E-state index contributed by atoms with van der Waals surface area (Å²) >= 11 is 0. The van der Waals surface area contributed by atoms with Crippen molar-refractivity contribution < 1.29 is 4.74 Å². The largest absolute Gasteiger partial charge is 0.457 e. The van der Waals surface area contributed by atoms with Gasteiger partial charge in [-0.3, -0.25) is 0 Å². The van der Waals surface area contributed by atoms with Crippen molar-refractivity contribution in [1.29, 1.82) is 0 Å². The van der Waals surface area contributed by atoms with Crippen LogP contribution in [-0.2, 0) is 6.42 Å². The fourth-order valence-electron chi connectivity index (χ4n) is 3.94. The Morgan fingerprint density at radius 3 is 1.59 bits per heavy atom. The van der Waals surface area contributed by atoms with E-state index >= 15 is 0 Å². The molecule has 0 unspecified atom stereocenters. The third kappa shape index (κ3) is 11.1. The summed E-state index contributed by atoms with van der Waals surface area (Å²) in [6, 6.07) is 18.6. The number of aryl methyl sites for hydroxylation is 1. The lowest BCUT2D eigenvalue weighted by Crippen LogP contribution is -1.92. The first-order chi connectivity index (χ1) is 14.4. The molecule has 0 heterocycles. The number of hydrogen-bond acceptors (Lipinski definition) is 1. The zero-order valence-electron chi connectivity index (χ0n) is 18.7. The van der Waals surface area contributed by atoms with Crippen LogP contribution >= 0.6 is 0 Å². The van der Waals surface area contributed by atoms with Crippen molar-refractivity contribution in [3.05, 3.63) is 60.2 Å². The van der Waals surface area contributed by atoms with Crippen molar-refractivity contribution >= 4 is 0 Å². The minimum Gasteiger partial charge on any atom is -0.457 e. The Morgan fingerprint density at radius 1 is 0.517 bits per heavy atom. The van der Waals surface area contributed by atoms with Gasteiger partial charge in [-0.05, 0) is 36.6 Å². The van der Waals surface area contributed by atoms with Crippen LogP contribution in [0.3, 0.4) is 0 Å². The van der Waals surface area contributed by atoms with Crippen molar-refractivity contribution in [3.8, 4) is 11.5 Å². The fourth-order valence-corrected chi connectivity index (χ4v) is 3.94. The lowest BCUT2D eigenvalue weighted by molar-refractivity contribution is 0.474. The first-order valence-corrected chi connectivity index (χ1v) is 12.2. The Labute approximate surface area is 179 Å². The van der Waals surface area contributed by atoms with E-state index in [0.717, 1.165) is 17.9 Å². The van der Waals surface area contributed by atoms with Crippen LogP contribution in [-0.4, -0.2) is 0 Å². The summed E-state index contributed by atoms with van der Waals surface area (Å²) in [6.07, 6.45) is 20.8. The molecule has 160 valence electrons. The summed E-state index contributed by atoms with van der Waals surface area (Å²) in [5, 5.41) is 0. The smallest absolute Gasteiger partial charge is 0.130 e. The van der Waals surface area contributed by atoms with Crippen LogP contribution in [0.15, 0.2) is 54.6 Å². The predicted octanol–water partition coefficient (Wildman–Crippen LogP) is 9.50. The molecule has 0 bridgehead atoms. The lowest BCUT2D eigenvalue weighted by Gasteiger charge is -2.11. The Bertz CT molecular complexity index is 619. The number of hydrogen-bond donors (Lipinski definition) is 0. The molecule has 2 rings (SSSR count). The number of rotatable bonds is 17. The van der Waals surface area contributed by atoms with E-state index in [4.69, 9.17) is 4.74 Å². The van der Waals surface area contributed by atoms with Crippen LogP contribution in [0.2, 0.25) is 0 Å². The van der Waals surface area contributed by atoms with Crippen LogP contribution in [0.5, 0.6) is 11.5 Å². The van der Waals surface area contributed by atoms with Gasteiger partial charge in [0, 0.05) is 0 Å². The van der Waals surface area contributed by atoms with Crippen molar-refractivity contribution in [2.75, 3.05) is 0 Å². The van der Waals surface area contributed by atoms with Crippen LogP contribution in [0.4, 0.5) is 0 Å². The summed E-state index contributed by atoms with van der Waals surface area (Å²) in [5.74, 6) is 1.93. The molecule has 0 amide bonds. The summed E-state index contributed by atoms with van der Waals surface area (Å²) in [6.45, 7) is 2.29. The molecule has 0 radical (unpaired) electrons. The van der Waals surface area contributed by atoms with E-state index in [2.05, 4.69) is 31.2 Å². The molecule has 0 spiro atoms. The number of para-hydroxylation sites is 2. The maximum atomic E-state index is 6.08. The van der Waals surface area contributed by atoms with Crippen LogP contribution in [0.25, 0.3) is 0 Å². The number of unbranched alkanes of at least 4 members (excludes halogenated alkanes) is 13. The molecular formula is C28H42O. The van der Waals surface area contributed by atoms with Gasteiger partial charge in [-0.1, -0.05) is 127 Å². The van der Waals surface area contributed by atoms with Crippen LogP contribution in [0.1, 0.15) is 102 Å². The molecular weight excluding hydrogens is 352 g/mol. The van der Waals surface area contributed by atoms with Crippen molar-refractivity contribution in [2.45, 2.75) is 103 Å². The molecule has 0 aliphatic heterocycles. The van der Waals surface area contributed by atoms with Crippen LogP contribution in [0, 0.1) is 0 Å². The Morgan fingerprint density at radius 2 is 1.00 bits per heavy atom.